The van der Waals surface area contributed by atoms with Gasteiger partial charge < -0.3 is 5.32 Å². The van der Waals surface area contributed by atoms with Crippen LogP contribution in [0.15, 0.2) is 27.9 Å². The van der Waals surface area contributed by atoms with E-state index in [1.54, 1.807) is 22.8 Å². The molecule has 0 bridgehead atoms. The maximum absolute atomic E-state index is 13.0. The van der Waals surface area contributed by atoms with Crippen LogP contribution in [0.5, 0.6) is 0 Å². The predicted molar refractivity (Wildman–Crippen MR) is 111 cm³/mol. The number of hydrogen-bond donors (Lipinski definition) is 1. The van der Waals surface area contributed by atoms with Gasteiger partial charge in [0, 0.05) is 31.6 Å². The number of hydrogen-bond acceptors (Lipinski definition) is 5. The van der Waals surface area contributed by atoms with Crippen LogP contribution >= 0.6 is 11.3 Å². The fraction of sp³-hybridized carbons (Fsp3) is 0.579. The number of aromatic nitrogens is 1. The summed E-state index contributed by atoms with van der Waals surface area (Å²) >= 11 is 1.08. The molecule has 1 aromatic heterocycles. The molecule has 1 saturated heterocycles. The van der Waals surface area contributed by atoms with Crippen molar-refractivity contribution in [2.24, 2.45) is 5.92 Å². The molecule has 0 atom stereocenters. The minimum Gasteiger partial charge on any atom is -0.354 e. The molecule has 2 heterocycles. The summed E-state index contributed by atoms with van der Waals surface area (Å²) < 4.78 is 29.9. The molecule has 7 nitrogen and oxygen atoms in total. The Balaban J connectivity index is 1.78. The molecule has 1 amide bonds. The third-order valence-electron chi connectivity index (χ3n) is 4.98. The number of nitrogens with zero attached hydrogens (tertiary/aromatic N) is 2. The fourth-order valence-corrected chi connectivity index (χ4v) is 6.08. The van der Waals surface area contributed by atoms with Gasteiger partial charge in [-0.2, -0.15) is 4.31 Å². The zero-order chi connectivity index (χ0) is 20.5. The molecule has 1 aliphatic rings. The number of nitrogens with one attached hydrogen (secondary N) is 1. The first kappa shape index (κ1) is 21.0. The van der Waals surface area contributed by atoms with Crippen LogP contribution in [0.3, 0.4) is 0 Å². The topological polar surface area (TPSA) is 88.5 Å². The minimum absolute atomic E-state index is 0.00416. The highest BCUT2D eigenvalue weighted by Crippen LogP contribution is 2.27. The molecule has 28 heavy (non-hydrogen) atoms. The fourth-order valence-electron chi connectivity index (χ4n) is 3.55. The van der Waals surface area contributed by atoms with E-state index in [-0.39, 0.29) is 27.6 Å². The summed E-state index contributed by atoms with van der Waals surface area (Å²) in [6.45, 7) is 7.09. The maximum atomic E-state index is 13.0. The Morgan fingerprint density at radius 3 is 2.57 bits per heavy atom. The quantitative estimate of drug-likeness (QED) is 0.770. The van der Waals surface area contributed by atoms with E-state index in [1.807, 2.05) is 20.8 Å². The van der Waals surface area contributed by atoms with E-state index < -0.39 is 10.0 Å². The van der Waals surface area contributed by atoms with Crippen molar-refractivity contribution in [1.82, 2.24) is 14.2 Å². The van der Waals surface area contributed by atoms with Crippen LogP contribution in [-0.2, 0) is 21.4 Å². The smallest absolute Gasteiger partial charge is 0.308 e. The second kappa shape index (κ2) is 8.34. The van der Waals surface area contributed by atoms with Crippen LogP contribution in [0, 0.1) is 5.92 Å². The number of fused-ring (bicyclic) bond motifs is 1. The summed E-state index contributed by atoms with van der Waals surface area (Å²) in [7, 11) is -3.64. The van der Waals surface area contributed by atoms with Crippen molar-refractivity contribution in [3.05, 3.63) is 27.9 Å². The second-order valence-electron chi connectivity index (χ2n) is 7.49. The molecule has 1 N–H and O–H groups in total. The molecule has 1 aromatic carbocycles. The Labute approximate surface area is 169 Å². The molecule has 0 saturated carbocycles. The van der Waals surface area contributed by atoms with Crippen LogP contribution in [0.4, 0.5) is 0 Å². The summed E-state index contributed by atoms with van der Waals surface area (Å²) in [5, 5.41) is 2.90. The third kappa shape index (κ3) is 4.16. The Morgan fingerprint density at radius 2 is 1.96 bits per heavy atom. The van der Waals surface area contributed by atoms with Gasteiger partial charge in [0.25, 0.3) is 0 Å². The van der Waals surface area contributed by atoms with Crippen molar-refractivity contribution in [3.63, 3.8) is 0 Å². The van der Waals surface area contributed by atoms with Gasteiger partial charge in [-0.15, -0.1) is 0 Å². The monoisotopic (exact) mass is 425 g/mol. The van der Waals surface area contributed by atoms with E-state index in [0.717, 1.165) is 23.3 Å². The van der Waals surface area contributed by atoms with Gasteiger partial charge in [-0.05, 0) is 51.3 Å². The summed E-state index contributed by atoms with van der Waals surface area (Å²) in [6.07, 6.45) is 1.87. The Morgan fingerprint density at radius 1 is 1.29 bits per heavy atom. The predicted octanol–water partition coefficient (Wildman–Crippen LogP) is 2.40. The number of aryl methyl sites for hydroxylation is 1. The molecule has 2 aromatic rings. The summed E-state index contributed by atoms with van der Waals surface area (Å²) in [5.41, 5.74) is 0.778. The van der Waals surface area contributed by atoms with Gasteiger partial charge in [0.05, 0.1) is 15.1 Å². The average Bonchev–Trinajstić information content (AvgIpc) is 2.96. The van der Waals surface area contributed by atoms with Gasteiger partial charge >= 0.3 is 4.87 Å². The highest BCUT2D eigenvalue weighted by Gasteiger charge is 2.32. The number of carbonyl (C=O) groups excluding carboxylic acids is 1. The number of rotatable bonds is 6. The van der Waals surface area contributed by atoms with Crippen molar-refractivity contribution in [2.45, 2.75) is 57.5 Å². The van der Waals surface area contributed by atoms with Crippen LogP contribution in [0.1, 0.15) is 40.0 Å². The SMILES string of the molecule is CCCn1c(=O)sc2cc(S(=O)(=O)N3CCC(C(=O)NC(C)C)CC3)ccc21. The zero-order valence-electron chi connectivity index (χ0n) is 16.5. The van der Waals surface area contributed by atoms with Gasteiger partial charge in [-0.3, -0.25) is 14.2 Å². The van der Waals surface area contributed by atoms with Gasteiger partial charge in [-0.1, -0.05) is 18.3 Å². The number of benzene rings is 1. The third-order valence-corrected chi connectivity index (χ3v) is 7.82. The lowest BCUT2D eigenvalue weighted by atomic mass is 9.97. The van der Waals surface area contributed by atoms with Crippen molar-refractivity contribution in [2.75, 3.05) is 13.1 Å². The second-order valence-corrected chi connectivity index (χ2v) is 10.4. The molecule has 1 aliphatic heterocycles. The lowest BCUT2D eigenvalue weighted by molar-refractivity contribution is -0.126. The Hall–Kier alpha value is -1.71. The van der Waals surface area contributed by atoms with E-state index in [1.165, 1.54) is 4.31 Å². The molecular weight excluding hydrogens is 398 g/mol. The minimum atomic E-state index is -3.64. The number of carbonyl (C=O) groups is 1. The van der Waals surface area contributed by atoms with E-state index in [9.17, 15) is 18.0 Å². The van der Waals surface area contributed by atoms with Gasteiger partial charge in [-0.25, -0.2) is 8.42 Å². The summed E-state index contributed by atoms with van der Waals surface area (Å²) in [5.74, 6) is -0.153. The lowest BCUT2D eigenvalue weighted by Crippen LogP contribution is -2.44. The molecule has 9 heteroatoms. The molecule has 0 unspecified atom stereocenters. The first-order chi connectivity index (χ1) is 13.2. The number of sulfonamides is 1. The van der Waals surface area contributed by atoms with E-state index in [2.05, 4.69) is 5.32 Å². The van der Waals surface area contributed by atoms with Crippen molar-refractivity contribution in [3.8, 4) is 0 Å². The largest absolute Gasteiger partial charge is 0.354 e. The van der Waals surface area contributed by atoms with Crippen molar-refractivity contribution >= 4 is 37.5 Å². The first-order valence-corrected chi connectivity index (χ1v) is 11.9. The molecular formula is C19H27N3O4S2. The molecule has 0 aliphatic carbocycles. The van der Waals surface area contributed by atoms with E-state index in [0.29, 0.717) is 37.2 Å². The lowest BCUT2D eigenvalue weighted by Gasteiger charge is -2.31. The number of piperidine rings is 1. The number of amides is 1. The van der Waals surface area contributed by atoms with Gasteiger partial charge in [0.1, 0.15) is 0 Å². The highest BCUT2D eigenvalue weighted by molar-refractivity contribution is 7.89. The molecule has 1 fully saturated rings. The summed E-state index contributed by atoms with van der Waals surface area (Å²) in [4.78, 5) is 24.4. The van der Waals surface area contributed by atoms with Crippen LogP contribution in [0.25, 0.3) is 10.2 Å². The van der Waals surface area contributed by atoms with Crippen LogP contribution < -0.4 is 10.2 Å². The zero-order valence-corrected chi connectivity index (χ0v) is 18.1. The maximum Gasteiger partial charge on any atom is 0.308 e. The normalized spacial score (nSPS) is 16.7. The molecule has 3 rings (SSSR count). The average molecular weight is 426 g/mol. The Bertz CT molecular complexity index is 1020. The Kier molecular flexibility index (Phi) is 6.26. The van der Waals surface area contributed by atoms with Crippen LogP contribution in [-0.4, -0.2) is 42.3 Å². The number of thiazole rings is 1. The first-order valence-electron chi connectivity index (χ1n) is 9.68. The molecule has 154 valence electrons. The molecule has 0 radical (unpaired) electrons. The van der Waals surface area contributed by atoms with Crippen LogP contribution in [0.2, 0.25) is 0 Å². The van der Waals surface area contributed by atoms with Gasteiger partial charge in [0.15, 0.2) is 0 Å². The van der Waals surface area contributed by atoms with Gasteiger partial charge in [0.2, 0.25) is 15.9 Å². The van der Waals surface area contributed by atoms with Crippen molar-refractivity contribution < 1.29 is 13.2 Å². The summed E-state index contributed by atoms with van der Waals surface area (Å²) in [6, 6.07) is 4.97. The van der Waals surface area contributed by atoms with E-state index in [4.69, 9.17) is 0 Å². The van der Waals surface area contributed by atoms with E-state index >= 15 is 0 Å². The van der Waals surface area contributed by atoms with Crippen molar-refractivity contribution in [1.29, 1.82) is 0 Å². The standard InChI is InChI=1S/C19H27N3O4S2/c1-4-9-22-16-6-5-15(12-17(16)27-19(22)24)28(25,26)21-10-7-14(8-11-21)18(23)20-13(2)3/h5-6,12-14H,4,7-11H2,1-3H3,(H,20,23). The highest BCUT2D eigenvalue weighted by atomic mass is 32.2. The molecule has 0 spiro atoms.